The molecule has 2 N–H and O–H groups in total. The average molecular weight is 348 g/mol. The van der Waals surface area contributed by atoms with Gasteiger partial charge in [0.05, 0.1) is 11.1 Å². The van der Waals surface area contributed by atoms with Crippen LogP contribution in [-0.4, -0.2) is 32.0 Å². The van der Waals surface area contributed by atoms with E-state index in [-0.39, 0.29) is 15.6 Å². The number of hydrogen-bond acceptors (Lipinski definition) is 6. The van der Waals surface area contributed by atoms with Crippen LogP contribution in [0.5, 0.6) is 0 Å². The molecule has 0 aliphatic rings. The van der Waals surface area contributed by atoms with Crippen LogP contribution in [0.25, 0.3) is 0 Å². The standard InChI is InChI=1S/C17H24N4O2S/c1-5-6-9-21(4)17-19-11-15(16(18)20-17)24(22,23)14-8-7-12(2)13(3)10-14/h7-8,10-11H,5-6,9H2,1-4H3,(H2,18,19,20). The molecule has 130 valence electrons. The van der Waals surface area contributed by atoms with Crippen LogP contribution in [-0.2, 0) is 9.84 Å². The summed E-state index contributed by atoms with van der Waals surface area (Å²) in [5.41, 5.74) is 7.86. The lowest BCUT2D eigenvalue weighted by atomic mass is 10.1. The molecule has 0 aliphatic heterocycles. The molecule has 6 nitrogen and oxygen atoms in total. The number of anilines is 2. The molecular weight excluding hydrogens is 324 g/mol. The van der Waals surface area contributed by atoms with Crippen LogP contribution in [0.4, 0.5) is 11.8 Å². The molecule has 0 amide bonds. The summed E-state index contributed by atoms with van der Waals surface area (Å²) in [5, 5.41) is 0. The number of nitrogens with two attached hydrogens (primary N) is 1. The number of nitrogens with zero attached hydrogens (tertiary/aromatic N) is 3. The van der Waals surface area contributed by atoms with Gasteiger partial charge in [0.25, 0.3) is 0 Å². The second-order valence-corrected chi connectivity index (χ2v) is 7.86. The number of benzene rings is 1. The van der Waals surface area contributed by atoms with Crippen LogP contribution >= 0.6 is 0 Å². The van der Waals surface area contributed by atoms with Crippen molar-refractivity contribution in [2.24, 2.45) is 0 Å². The molecule has 0 unspecified atom stereocenters. The van der Waals surface area contributed by atoms with E-state index < -0.39 is 9.84 Å². The molecule has 1 aromatic heterocycles. The predicted octanol–water partition coefficient (Wildman–Crippen LogP) is 2.74. The van der Waals surface area contributed by atoms with Gasteiger partial charge >= 0.3 is 0 Å². The van der Waals surface area contributed by atoms with Crippen LogP contribution in [0.1, 0.15) is 30.9 Å². The smallest absolute Gasteiger partial charge is 0.227 e. The van der Waals surface area contributed by atoms with E-state index in [9.17, 15) is 8.42 Å². The van der Waals surface area contributed by atoms with Gasteiger partial charge in [0.2, 0.25) is 15.8 Å². The fourth-order valence-electron chi connectivity index (χ4n) is 2.27. The van der Waals surface area contributed by atoms with Crippen molar-refractivity contribution >= 4 is 21.6 Å². The first-order valence-electron chi connectivity index (χ1n) is 7.93. The first kappa shape index (κ1) is 18.2. The molecule has 1 heterocycles. The lowest BCUT2D eigenvalue weighted by molar-refractivity contribution is 0.595. The molecule has 0 fully saturated rings. The monoisotopic (exact) mass is 348 g/mol. The van der Waals surface area contributed by atoms with E-state index in [4.69, 9.17) is 5.73 Å². The Kier molecular flexibility index (Phi) is 5.43. The van der Waals surface area contributed by atoms with Crippen LogP contribution in [0, 0.1) is 13.8 Å². The van der Waals surface area contributed by atoms with Crippen molar-refractivity contribution in [2.45, 2.75) is 43.4 Å². The zero-order valence-electron chi connectivity index (χ0n) is 14.6. The number of aryl methyl sites for hydroxylation is 2. The molecule has 0 radical (unpaired) electrons. The van der Waals surface area contributed by atoms with Crippen molar-refractivity contribution in [1.82, 2.24) is 9.97 Å². The van der Waals surface area contributed by atoms with Crippen molar-refractivity contribution in [3.8, 4) is 0 Å². The highest BCUT2D eigenvalue weighted by molar-refractivity contribution is 7.91. The minimum Gasteiger partial charge on any atom is -0.382 e. The molecule has 0 atom stereocenters. The van der Waals surface area contributed by atoms with Gasteiger partial charge in [0, 0.05) is 13.6 Å². The third-order valence-electron chi connectivity index (χ3n) is 4.04. The molecule has 0 bridgehead atoms. The van der Waals surface area contributed by atoms with E-state index in [0.29, 0.717) is 5.95 Å². The normalized spacial score (nSPS) is 11.5. The van der Waals surface area contributed by atoms with Gasteiger partial charge < -0.3 is 10.6 Å². The second-order valence-electron chi connectivity index (χ2n) is 5.94. The summed E-state index contributed by atoms with van der Waals surface area (Å²) in [6.07, 6.45) is 3.35. The number of hydrogen-bond donors (Lipinski definition) is 1. The number of unbranched alkanes of at least 4 members (excludes halogenated alkanes) is 1. The molecule has 0 saturated carbocycles. The Balaban J connectivity index is 2.39. The topological polar surface area (TPSA) is 89.2 Å². The Morgan fingerprint density at radius 1 is 1.21 bits per heavy atom. The van der Waals surface area contributed by atoms with E-state index in [0.717, 1.165) is 30.5 Å². The summed E-state index contributed by atoms with van der Waals surface area (Å²) in [4.78, 5) is 10.4. The fourth-order valence-corrected chi connectivity index (χ4v) is 3.61. The highest BCUT2D eigenvalue weighted by Gasteiger charge is 2.23. The molecule has 2 aromatic rings. The molecule has 0 spiro atoms. The maximum absolute atomic E-state index is 12.8. The van der Waals surface area contributed by atoms with E-state index >= 15 is 0 Å². The van der Waals surface area contributed by atoms with Gasteiger partial charge in [0.15, 0.2) is 0 Å². The van der Waals surface area contributed by atoms with E-state index in [2.05, 4.69) is 16.9 Å². The lowest BCUT2D eigenvalue weighted by Gasteiger charge is -2.17. The van der Waals surface area contributed by atoms with Gasteiger partial charge in [-0.05, 0) is 43.5 Å². The lowest BCUT2D eigenvalue weighted by Crippen LogP contribution is -2.22. The van der Waals surface area contributed by atoms with Gasteiger partial charge in [-0.25, -0.2) is 13.4 Å². The van der Waals surface area contributed by atoms with Gasteiger partial charge in [-0.2, -0.15) is 4.98 Å². The van der Waals surface area contributed by atoms with Crippen LogP contribution in [0.15, 0.2) is 34.2 Å². The third kappa shape index (κ3) is 3.67. The van der Waals surface area contributed by atoms with Gasteiger partial charge in [-0.1, -0.05) is 19.4 Å². The molecule has 24 heavy (non-hydrogen) atoms. The average Bonchev–Trinajstić information content (AvgIpc) is 2.54. The van der Waals surface area contributed by atoms with Crippen molar-refractivity contribution in [1.29, 1.82) is 0 Å². The third-order valence-corrected chi connectivity index (χ3v) is 5.80. The minimum atomic E-state index is -3.74. The van der Waals surface area contributed by atoms with Gasteiger partial charge in [-0.3, -0.25) is 0 Å². The molecular formula is C17H24N4O2S. The Labute approximate surface area is 143 Å². The zero-order valence-corrected chi connectivity index (χ0v) is 15.4. The fraction of sp³-hybridized carbons (Fsp3) is 0.412. The Hall–Kier alpha value is -2.15. The quantitative estimate of drug-likeness (QED) is 0.863. The van der Waals surface area contributed by atoms with Crippen molar-refractivity contribution < 1.29 is 8.42 Å². The predicted molar refractivity (Wildman–Crippen MR) is 96.0 cm³/mol. The molecule has 2 rings (SSSR count). The molecule has 0 aliphatic carbocycles. The van der Waals surface area contributed by atoms with E-state index in [1.807, 2.05) is 25.8 Å². The van der Waals surface area contributed by atoms with Crippen molar-refractivity contribution in [3.63, 3.8) is 0 Å². The van der Waals surface area contributed by atoms with Crippen molar-refractivity contribution in [3.05, 3.63) is 35.5 Å². The summed E-state index contributed by atoms with van der Waals surface area (Å²) in [6.45, 7) is 6.70. The highest BCUT2D eigenvalue weighted by Crippen LogP contribution is 2.26. The summed E-state index contributed by atoms with van der Waals surface area (Å²) in [5.74, 6) is 0.404. The van der Waals surface area contributed by atoms with Crippen LogP contribution in [0.3, 0.4) is 0 Å². The minimum absolute atomic E-state index is 0.0263. The first-order valence-corrected chi connectivity index (χ1v) is 9.41. The number of sulfone groups is 1. The summed E-state index contributed by atoms with van der Waals surface area (Å²) >= 11 is 0. The maximum atomic E-state index is 12.8. The molecule has 1 aromatic carbocycles. The van der Waals surface area contributed by atoms with Gasteiger partial charge in [0.1, 0.15) is 10.7 Å². The second kappa shape index (κ2) is 7.17. The summed E-state index contributed by atoms with van der Waals surface area (Å²) in [6, 6.07) is 5.01. The van der Waals surface area contributed by atoms with Crippen LogP contribution < -0.4 is 10.6 Å². The molecule has 7 heteroatoms. The largest absolute Gasteiger partial charge is 0.382 e. The van der Waals surface area contributed by atoms with E-state index in [1.54, 1.807) is 18.2 Å². The van der Waals surface area contributed by atoms with Gasteiger partial charge in [-0.15, -0.1) is 0 Å². The first-order chi connectivity index (χ1) is 11.3. The Bertz CT molecular complexity index is 834. The molecule has 0 saturated heterocycles. The number of aromatic nitrogens is 2. The zero-order chi connectivity index (χ0) is 17.9. The highest BCUT2D eigenvalue weighted by atomic mass is 32.2. The van der Waals surface area contributed by atoms with Crippen molar-refractivity contribution in [2.75, 3.05) is 24.2 Å². The Morgan fingerprint density at radius 2 is 1.92 bits per heavy atom. The Morgan fingerprint density at radius 3 is 2.50 bits per heavy atom. The SMILES string of the molecule is CCCCN(C)c1ncc(S(=O)(=O)c2ccc(C)c(C)c2)c(N)n1. The summed E-state index contributed by atoms with van der Waals surface area (Å²) < 4.78 is 25.6. The summed E-state index contributed by atoms with van der Waals surface area (Å²) in [7, 11) is -1.87. The maximum Gasteiger partial charge on any atom is 0.227 e. The van der Waals surface area contributed by atoms with Crippen LogP contribution in [0.2, 0.25) is 0 Å². The number of nitrogen functional groups attached to an aromatic ring is 1. The van der Waals surface area contributed by atoms with E-state index in [1.165, 1.54) is 6.20 Å². The number of rotatable bonds is 6.